The Morgan fingerprint density at radius 3 is 2.49 bits per heavy atom. The Bertz CT molecular complexity index is 982. The molecule has 1 N–H and O–H groups in total. The van der Waals surface area contributed by atoms with Crippen molar-refractivity contribution in [1.29, 1.82) is 0 Å². The van der Waals surface area contributed by atoms with Crippen molar-refractivity contribution >= 4 is 5.97 Å². The highest BCUT2D eigenvalue weighted by molar-refractivity contribution is 5.89. The number of allylic oxidation sites excluding steroid dienone is 1. The molecule has 1 aromatic rings. The van der Waals surface area contributed by atoms with Gasteiger partial charge in [0.05, 0.1) is 5.56 Å². The molecule has 0 aliphatic heterocycles. The molecule has 5 rings (SSSR count). The van der Waals surface area contributed by atoms with E-state index in [4.69, 9.17) is 4.74 Å². The number of esters is 1. The smallest absolute Gasteiger partial charge is 0.338 e. The number of aliphatic hydroxyl groups is 1. The molecular formula is C34H50O3. The molecule has 204 valence electrons. The molecule has 0 saturated heterocycles. The molecule has 3 heteroatoms. The topological polar surface area (TPSA) is 46.5 Å². The van der Waals surface area contributed by atoms with Crippen LogP contribution in [0, 0.1) is 46.3 Å². The van der Waals surface area contributed by atoms with Crippen LogP contribution in [0.1, 0.15) is 109 Å². The van der Waals surface area contributed by atoms with Crippen LogP contribution in [0.3, 0.4) is 0 Å². The Kier molecular flexibility index (Phi) is 7.66. The van der Waals surface area contributed by atoms with Gasteiger partial charge in [-0.1, -0.05) is 78.2 Å². The third-order valence-electron chi connectivity index (χ3n) is 11.6. The fraction of sp³-hybridized carbons (Fsp3) is 0.735. The zero-order valence-electron chi connectivity index (χ0n) is 23.9. The van der Waals surface area contributed by atoms with Crippen LogP contribution in [0.5, 0.6) is 0 Å². The predicted octanol–water partition coefficient (Wildman–Crippen LogP) is 8.22. The van der Waals surface area contributed by atoms with E-state index in [1.807, 2.05) is 18.2 Å². The quantitative estimate of drug-likeness (QED) is 0.299. The van der Waals surface area contributed by atoms with Crippen molar-refractivity contribution in [3.05, 3.63) is 47.5 Å². The number of rotatable bonds is 7. The van der Waals surface area contributed by atoms with E-state index in [0.717, 1.165) is 54.4 Å². The molecule has 0 radical (unpaired) electrons. The van der Waals surface area contributed by atoms with Crippen molar-refractivity contribution < 1.29 is 14.6 Å². The Morgan fingerprint density at radius 2 is 1.76 bits per heavy atom. The maximum Gasteiger partial charge on any atom is 0.338 e. The van der Waals surface area contributed by atoms with Crippen LogP contribution in [0.2, 0.25) is 0 Å². The standard InChI is InChI=1S/C34H50O3/c1-22(2)10-9-11-23(3)26-16-17-27-25-14-15-29-31(35)30(37-32(36)24-12-7-6-8-13-24)19-21-34(29,5)28(25)18-20-33(26,27)4/h6-8,12-13,15,22-23,25-28,30-31,35H,9-11,14,16-21H2,1-5H3/t23-,25+,26-,27+,28+,30+,31-,33-,34-/m1/s1. The number of ether oxygens (including phenoxy) is 1. The van der Waals surface area contributed by atoms with Crippen molar-refractivity contribution in [2.75, 3.05) is 0 Å². The number of carbonyl (C=O) groups is 1. The highest BCUT2D eigenvalue weighted by Crippen LogP contribution is 2.67. The Morgan fingerprint density at radius 1 is 1.00 bits per heavy atom. The number of aliphatic hydroxyl groups excluding tert-OH is 1. The minimum Gasteiger partial charge on any atom is -0.456 e. The first-order valence-electron chi connectivity index (χ1n) is 15.3. The summed E-state index contributed by atoms with van der Waals surface area (Å²) in [6, 6.07) is 9.17. The Hall–Kier alpha value is -1.61. The number of carbonyl (C=O) groups excluding carboxylic acids is 1. The molecule has 0 heterocycles. The Labute approximate surface area is 225 Å². The van der Waals surface area contributed by atoms with Gasteiger partial charge in [0.25, 0.3) is 0 Å². The average molecular weight is 507 g/mol. The van der Waals surface area contributed by atoms with Gasteiger partial charge in [-0.2, -0.15) is 0 Å². The molecule has 3 saturated carbocycles. The summed E-state index contributed by atoms with van der Waals surface area (Å²) < 4.78 is 5.86. The van der Waals surface area contributed by atoms with E-state index in [1.54, 1.807) is 12.1 Å². The van der Waals surface area contributed by atoms with Crippen molar-refractivity contribution in [2.45, 2.75) is 111 Å². The van der Waals surface area contributed by atoms with Gasteiger partial charge in [-0.05, 0) is 109 Å². The monoisotopic (exact) mass is 506 g/mol. The average Bonchev–Trinajstić information content (AvgIpc) is 3.23. The number of hydrogen-bond acceptors (Lipinski definition) is 3. The summed E-state index contributed by atoms with van der Waals surface area (Å²) in [6.45, 7) is 12.3. The van der Waals surface area contributed by atoms with Gasteiger partial charge in [-0.3, -0.25) is 0 Å². The molecule has 4 aliphatic carbocycles. The molecule has 4 aliphatic rings. The molecule has 0 bridgehead atoms. The first-order valence-corrected chi connectivity index (χ1v) is 15.3. The minimum atomic E-state index is -0.682. The second-order valence-corrected chi connectivity index (χ2v) is 14.0. The van der Waals surface area contributed by atoms with E-state index >= 15 is 0 Å². The summed E-state index contributed by atoms with van der Waals surface area (Å²) in [6.07, 6.45) is 13.6. The number of benzene rings is 1. The molecule has 3 nitrogen and oxygen atoms in total. The third-order valence-corrected chi connectivity index (χ3v) is 11.6. The molecule has 0 amide bonds. The molecule has 9 atom stereocenters. The second-order valence-electron chi connectivity index (χ2n) is 14.0. The molecule has 37 heavy (non-hydrogen) atoms. The molecule has 0 spiro atoms. The first-order chi connectivity index (χ1) is 17.6. The van der Waals surface area contributed by atoms with Gasteiger partial charge in [0.1, 0.15) is 12.2 Å². The van der Waals surface area contributed by atoms with E-state index in [9.17, 15) is 9.90 Å². The third kappa shape index (κ3) is 4.83. The number of fused-ring (bicyclic) bond motifs is 5. The lowest BCUT2D eigenvalue weighted by Crippen LogP contribution is -2.54. The van der Waals surface area contributed by atoms with E-state index in [2.05, 4.69) is 40.7 Å². The van der Waals surface area contributed by atoms with Crippen molar-refractivity contribution in [3.63, 3.8) is 0 Å². The lowest BCUT2D eigenvalue weighted by Gasteiger charge is -2.59. The molecule has 1 aromatic carbocycles. The van der Waals surface area contributed by atoms with E-state index < -0.39 is 12.2 Å². The van der Waals surface area contributed by atoms with Crippen molar-refractivity contribution in [3.8, 4) is 0 Å². The highest BCUT2D eigenvalue weighted by atomic mass is 16.6. The zero-order chi connectivity index (χ0) is 26.4. The number of hydrogen-bond donors (Lipinski definition) is 1. The fourth-order valence-corrected chi connectivity index (χ4v) is 9.63. The van der Waals surface area contributed by atoms with Crippen molar-refractivity contribution in [1.82, 2.24) is 0 Å². The van der Waals surface area contributed by atoms with Crippen molar-refractivity contribution in [2.24, 2.45) is 46.3 Å². The van der Waals surface area contributed by atoms with E-state index in [0.29, 0.717) is 16.9 Å². The van der Waals surface area contributed by atoms with Crippen LogP contribution in [-0.2, 0) is 4.74 Å². The van der Waals surface area contributed by atoms with Crippen LogP contribution < -0.4 is 0 Å². The molecular weight excluding hydrogens is 456 g/mol. The summed E-state index contributed by atoms with van der Waals surface area (Å²) in [5, 5.41) is 11.4. The van der Waals surface area contributed by atoms with Crippen LogP contribution in [-0.4, -0.2) is 23.3 Å². The molecule has 0 aromatic heterocycles. The van der Waals surface area contributed by atoms with Gasteiger partial charge >= 0.3 is 5.97 Å². The summed E-state index contributed by atoms with van der Waals surface area (Å²) in [4.78, 5) is 12.7. The summed E-state index contributed by atoms with van der Waals surface area (Å²) in [7, 11) is 0. The van der Waals surface area contributed by atoms with Gasteiger partial charge < -0.3 is 9.84 Å². The maximum atomic E-state index is 12.7. The highest BCUT2D eigenvalue weighted by Gasteiger charge is 2.60. The fourth-order valence-electron chi connectivity index (χ4n) is 9.63. The summed E-state index contributed by atoms with van der Waals surface area (Å²) in [5.74, 6) is 4.36. The summed E-state index contributed by atoms with van der Waals surface area (Å²) in [5.41, 5.74) is 2.22. The maximum absolute atomic E-state index is 12.7. The first kappa shape index (κ1) is 27.0. The van der Waals surface area contributed by atoms with Gasteiger partial charge in [0.15, 0.2) is 0 Å². The SMILES string of the molecule is CC(C)CCC[C@@H](C)[C@H]1CC[C@H]2[C@@H]3CC=C4[C@@H](O)[C@@H](OC(=O)c5ccccc5)CC[C@]4(C)[C@H]3CC[C@]12C. The summed E-state index contributed by atoms with van der Waals surface area (Å²) >= 11 is 0. The second kappa shape index (κ2) is 10.5. The van der Waals surface area contributed by atoms with Crippen LogP contribution in [0.25, 0.3) is 0 Å². The lowest BCUT2D eigenvalue weighted by atomic mass is 9.46. The lowest BCUT2D eigenvalue weighted by molar-refractivity contribution is -0.0845. The molecule has 0 unspecified atom stereocenters. The van der Waals surface area contributed by atoms with Gasteiger partial charge in [0, 0.05) is 0 Å². The van der Waals surface area contributed by atoms with Crippen LogP contribution >= 0.6 is 0 Å². The largest absolute Gasteiger partial charge is 0.456 e. The van der Waals surface area contributed by atoms with Gasteiger partial charge in [-0.25, -0.2) is 4.79 Å². The molecule has 3 fully saturated rings. The minimum absolute atomic E-state index is 0.0281. The predicted molar refractivity (Wildman–Crippen MR) is 150 cm³/mol. The van der Waals surface area contributed by atoms with E-state index in [-0.39, 0.29) is 11.4 Å². The zero-order valence-corrected chi connectivity index (χ0v) is 23.9. The van der Waals surface area contributed by atoms with Crippen LogP contribution in [0.15, 0.2) is 42.0 Å². The normalized spacial score (nSPS) is 39.8. The van der Waals surface area contributed by atoms with Gasteiger partial charge in [-0.15, -0.1) is 0 Å². The van der Waals surface area contributed by atoms with Crippen LogP contribution in [0.4, 0.5) is 0 Å². The van der Waals surface area contributed by atoms with E-state index in [1.165, 1.54) is 44.9 Å². The Balaban J connectivity index is 1.29. The van der Waals surface area contributed by atoms with Gasteiger partial charge in [0.2, 0.25) is 0 Å².